The number of methoxy groups -OCH3 is 1. The van der Waals surface area contributed by atoms with Crippen LogP contribution in [0.2, 0.25) is 0 Å². The number of rotatable bonds is 7. The summed E-state index contributed by atoms with van der Waals surface area (Å²) in [6, 6.07) is 10.1. The first-order valence-corrected chi connectivity index (χ1v) is 8.12. The Bertz CT molecular complexity index is 777. The molecule has 0 spiro atoms. The van der Waals surface area contributed by atoms with Crippen molar-refractivity contribution >= 4 is 23.5 Å². The van der Waals surface area contributed by atoms with Crippen molar-refractivity contribution < 1.29 is 19.1 Å². The molecule has 2 aromatic rings. The van der Waals surface area contributed by atoms with E-state index < -0.39 is 5.97 Å². The van der Waals surface area contributed by atoms with E-state index in [1.165, 1.54) is 14.0 Å². The highest BCUT2D eigenvalue weighted by Crippen LogP contribution is 2.12. The van der Waals surface area contributed by atoms with Gasteiger partial charge in [0.2, 0.25) is 11.8 Å². The van der Waals surface area contributed by atoms with Crippen LogP contribution in [0.4, 0.5) is 5.69 Å². The van der Waals surface area contributed by atoms with Gasteiger partial charge in [-0.05, 0) is 35.9 Å². The smallest absolute Gasteiger partial charge is 0.337 e. The number of esters is 1. The standard InChI is InChI=1S/C19H21N3O4/c1-14(23)22(13-15-6-9-20-10-7-15)11-8-18(24)21-17-5-3-4-16(12-17)19(25)26-2/h3-7,9-10,12H,8,11,13H2,1-2H3,(H,21,24). The molecule has 1 N–H and O–H groups in total. The third-order valence-electron chi connectivity index (χ3n) is 3.74. The fraction of sp³-hybridized carbons (Fsp3) is 0.263. The van der Waals surface area contributed by atoms with E-state index in [-0.39, 0.29) is 18.2 Å². The SMILES string of the molecule is COC(=O)c1cccc(NC(=O)CCN(Cc2ccncc2)C(C)=O)c1. The summed E-state index contributed by atoms with van der Waals surface area (Å²) in [4.78, 5) is 41.0. The lowest BCUT2D eigenvalue weighted by molar-refractivity contribution is -0.129. The van der Waals surface area contributed by atoms with Gasteiger partial charge in [-0.15, -0.1) is 0 Å². The summed E-state index contributed by atoms with van der Waals surface area (Å²) < 4.78 is 4.66. The Morgan fingerprint density at radius 1 is 1.15 bits per heavy atom. The number of carbonyl (C=O) groups excluding carboxylic acids is 3. The zero-order valence-corrected chi connectivity index (χ0v) is 14.8. The van der Waals surface area contributed by atoms with Crippen LogP contribution in [0.25, 0.3) is 0 Å². The summed E-state index contributed by atoms with van der Waals surface area (Å²) >= 11 is 0. The molecule has 0 aliphatic carbocycles. The molecule has 0 aliphatic rings. The molecule has 136 valence electrons. The Morgan fingerprint density at radius 2 is 1.88 bits per heavy atom. The molecule has 7 heteroatoms. The molecule has 1 heterocycles. The molecule has 1 aromatic heterocycles. The quantitative estimate of drug-likeness (QED) is 0.770. The van der Waals surface area contributed by atoms with Gasteiger partial charge in [0.05, 0.1) is 12.7 Å². The number of nitrogens with zero attached hydrogens (tertiary/aromatic N) is 2. The van der Waals surface area contributed by atoms with Crippen molar-refractivity contribution in [2.24, 2.45) is 0 Å². The van der Waals surface area contributed by atoms with Crippen molar-refractivity contribution in [3.63, 3.8) is 0 Å². The first-order chi connectivity index (χ1) is 12.5. The minimum atomic E-state index is -0.471. The average molecular weight is 355 g/mol. The fourth-order valence-corrected chi connectivity index (χ4v) is 2.36. The first-order valence-electron chi connectivity index (χ1n) is 8.12. The van der Waals surface area contributed by atoms with Crippen molar-refractivity contribution in [1.29, 1.82) is 0 Å². The van der Waals surface area contributed by atoms with E-state index in [1.54, 1.807) is 41.6 Å². The lowest BCUT2D eigenvalue weighted by Crippen LogP contribution is -2.31. The van der Waals surface area contributed by atoms with E-state index in [4.69, 9.17) is 0 Å². The minimum absolute atomic E-state index is 0.109. The monoisotopic (exact) mass is 355 g/mol. The van der Waals surface area contributed by atoms with Crippen LogP contribution in [0.5, 0.6) is 0 Å². The van der Waals surface area contributed by atoms with Gasteiger partial charge in [-0.3, -0.25) is 14.6 Å². The molecule has 1 aromatic carbocycles. The van der Waals surface area contributed by atoms with E-state index in [2.05, 4.69) is 15.0 Å². The molecule has 0 saturated heterocycles. The topological polar surface area (TPSA) is 88.6 Å². The van der Waals surface area contributed by atoms with Crippen LogP contribution in [0.15, 0.2) is 48.8 Å². The Hall–Kier alpha value is -3.22. The maximum atomic E-state index is 12.2. The highest BCUT2D eigenvalue weighted by molar-refractivity contribution is 5.94. The van der Waals surface area contributed by atoms with Crippen LogP contribution in [0.3, 0.4) is 0 Å². The van der Waals surface area contributed by atoms with E-state index in [1.807, 2.05) is 12.1 Å². The van der Waals surface area contributed by atoms with Crippen LogP contribution < -0.4 is 5.32 Å². The second kappa shape index (κ2) is 9.31. The van der Waals surface area contributed by atoms with Crippen LogP contribution >= 0.6 is 0 Å². The van der Waals surface area contributed by atoms with Gasteiger partial charge in [-0.1, -0.05) is 6.07 Å². The van der Waals surface area contributed by atoms with Crippen molar-refractivity contribution in [2.75, 3.05) is 19.0 Å². The Labute approximate surface area is 152 Å². The molecule has 0 unspecified atom stereocenters. The lowest BCUT2D eigenvalue weighted by Gasteiger charge is -2.21. The number of ether oxygens (including phenoxy) is 1. The average Bonchev–Trinajstić information content (AvgIpc) is 2.65. The maximum Gasteiger partial charge on any atom is 0.337 e. The zero-order chi connectivity index (χ0) is 18.9. The van der Waals surface area contributed by atoms with E-state index in [0.29, 0.717) is 24.3 Å². The van der Waals surface area contributed by atoms with Gasteiger partial charge < -0.3 is 15.0 Å². The molecule has 0 bridgehead atoms. The highest BCUT2D eigenvalue weighted by atomic mass is 16.5. The Balaban J connectivity index is 1.92. The number of hydrogen-bond acceptors (Lipinski definition) is 5. The second-order valence-electron chi connectivity index (χ2n) is 5.67. The van der Waals surface area contributed by atoms with Gasteiger partial charge >= 0.3 is 5.97 Å². The predicted octanol–water partition coefficient (Wildman–Crippen LogP) is 2.25. The van der Waals surface area contributed by atoms with Gasteiger partial charge in [-0.2, -0.15) is 0 Å². The van der Waals surface area contributed by atoms with Gasteiger partial charge in [0.1, 0.15) is 0 Å². The Kier molecular flexibility index (Phi) is 6.84. The van der Waals surface area contributed by atoms with Gasteiger partial charge in [-0.25, -0.2) is 4.79 Å². The number of carbonyl (C=O) groups is 3. The van der Waals surface area contributed by atoms with Crippen LogP contribution in [0.1, 0.15) is 29.3 Å². The van der Waals surface area contributed by atoms with E-state index in [0.717, 1.165) is 5.56 Å². The predicted molar refractivity (Wildman–Crippen MR) is 96.4 cm³/mol. The molecule has 2 amide bonds. The normalized spacial score (nSPS) is 10.1. The van der Waals surface area contributed by atoms with E-state index in [9.17, 15) is 14.4 Å². The third-order valence-corrected chi connectivity index (χ3v) is 3.74. The van der Waals surface area contributed by atoms with Crippen molar-refractivity contribution in [3.8, 4) is 0 Å². The van der Waals surface area contributed by atoms with Crippen molar-refractivity contribution in [3.05, 3.63) is 59.9 Å². The first kappa shape index (κ1) is 19.1. The van der Waals surface area contributed by atoms with Crippen molar-refractivity contribution in [2.45, 2.75) is 19.9 Å². The van der Waals surface area contributed by atoms with Crippen molar-refractivity contribution in [1.82, 2.24) is 9.88 Å². The highest BCUT2D eigenvalue weighted by Gasteiger charge is 2.13. The van der Waals surface area contributed by atoms with E-state index >= 15 is 0 Å². The zero-order valence-electron chi connectivity index (χ0n) is 14.8. The molecule has 0 saturated carbocycles. The number of amides is 2. The van der Waals surface area contributed by atoms with Crippen LogP contribution in [-0.4, -0.2) is 41.3 Å². The molecule has 7 nitrogen and oxygen atoms in total. The number of nitrogens with one attached hydrogen (secondary N) is 1. The molecule has 26 heavy (non-hydrogen) atoms. The van der Waals surface area contributed by atoms with Gasteiger partial charge in [0, 0.05) is 44.5 Å². The summed E-state index contributed by atoms with van der Waals surface area (Å²) in [5, 5.41) is 2.72. The number of anilines is 1. The number of pyridine rings is 1. The molecule has 0 atom stereocenters. The molecule has 0 fully saturated rings. The summed E-state index contributed by atoms with van der Waals surface area (Å²) in [6.45, 7) is 2.18. The van der Waals surface area contributed by atoms with Crippen LogP contribution in [-0.2, 0) is 20.9 Å². The molecular formula is C19H21N3O4. The van der Waals surface area contributed by atoms with Gasteiger partial charge in [0.15, 0.2) is 0 Å². The summed E-state index contributed by atoms with van der Waals surface area (Å²) in [5.74, 6) is -0.823. The number of hydrogen-bond donors (Lipinski definition) is 1. The second-order valence-corrected chi connectivity index (χ2v) is 5.67. The minimum Gasteiger partial charge on any atom is -0.465 e. The maximum absolute atomic E-state index is 12.2. The Morgan fingerprint density at radius 3 is 2.54 bits per heavy atom. The lowest BCUT2D eigenvalue weighted by atomic mass is 10.2. The summed E-state index contributed by atoms with van der Waals surface area (Å²) in [5.41, 5.74) is 1.80. The molecular weight excluding hydrogens is 334 g/mol. The summed E-state index contributed by atoms with van der Waals surface area (Å²) in [6.07, 6.45) is 3.47. The van der Waals surface area contributed by atoms with Crippen LogP contribution in [0, 0.1) is 0 Å². The molecule has 0 aliphatic heterocycles. The molecule has 2 rings (SSSR count). The number of aromatic nitrogens is 1. The summed E-state index contributed by atoms with van der Waals surface area (Å²) in [7, 11) is 1.30. The number of benzene rings is 1. The third kappa shape index (κ3) is 5.70. The molecule has 0 radical (unpaired) electrons. The fourth-order valence-electron chi connectivity index (χ4n) is 2.36. The van der Waals surface area contributed by atoms with Gasteiger partial charge in [0.25, 0.3) is 0 Å². The largest absolute Gasteiger partial charge is 0.465 e.